The Labute approximate surface area is 120 Å². The highest BCUT2D eigenvalue weighted by Crippen LogP contribution is 2.25. The second-order valence-electron chi connectivity index (χ2n) is 4.00. The summed E-state index contributed by atoms with van der Waals surface area (Å²) in [4.78, 5) is 33.7. The van der Waals surface area contributed by atoms with Crippen molar-refractivity contribution in [3.8, 4) is 0 Å². The van der Waals surface area contributed by atoms with Gasteiger partial charge in [-0.2, -0.15) is 0 Å². The van der Waals surface area contributed by atoms with E-state index in [1.54, 1.807) is 0 Å². The van der Waals surface area contributed by atoms with Crippen molar-refractivity contribution in [1.29, 1.82) is 0 Å². The zero-order valence-corrected chi connectivity index (χ0v) is 11.1. The summed E-state index contributed by atoms with van der Waals surface area (Å²) in [5.41, 5.74) is -1.26. The summed E-state index contributed by atoms with van der Waals surface area (Å²) in [5, 5.41) is 21.7. The van der Waals surface area contributed by atoms with Gasteiger partial charge in [-0.1, -0.05) is 12.2 Å². The Bertz CT molecular complexity index is 602. The Morgan fingerprint density at radius 2 is 1.71 bits per heavy atom. The molecule has 1 aromatic carbocycles. The van der Waals surface area contributed by atoms with Gasteiger partial charge in [0.1, 0.15) is 5.56 Å². The Morgan fingerprint density at radius 3 is 2.14 bits per heavy atom. The van der Waals surface area contributed by atoms with Gasteiger partial charge in [0.2, 0.25) is 0 Å². The average molecular weight is 291 g/mol. The van der Waals surface area contributed by atoms with Crippen molar-refractivity contribution in [2.75, 3.05) is 13.1 Å². The molecule has 0 fully saturated rings. The molecule has 1 rings (SSSR count). The second-order valence-corrected chi connectivity index (χ2v) is 4.00. The molecule has 8 nitrogen and oxygen atoms in total. The minimum Gasteiger partial charge on any atom is -0.331 e. The van der Waals surface area contributed by atoms with Crippen molar-refractivity contribution >= 4 is 17.3 Å². The van der Waals surface area contributed by atoms with Gasteiger partial charge in [-0.15, -0.1) is 13.2 Å². The van der Waals surface area contributed by atoms with Crippen LogP contribution in [-0.4, -0.2) is 33.7 Å². The minimum atomic E-state index is -0.819. The maximum Gasteiger partial charge on any atom is 0.289 e. The summed E-state index contributed by atoms with van der Waals surface area (Å²) < 4.78 is 0. The van der Waals surface area contributed by atoms with Gasteiger partial charge in [-0.05, 0) is 6.07 Å². The van der Waals surface area contributed by atoms with Crippen LogP contribution in [0, 0.1) is 20.2 Å². The van der Waals surface area contributed by atoms with Gasteiger partial charge in [0.25, 0.3) is 17.3 Å². The summed E-state index contributed by atoms with van der Waals surface area (Å²) in [6, 6.07) is 2.91. The summed E-state index contributed by atoms with van der Waals surface area (Å²) >= 11 is 0. The van der Waals surface area contributed by atoms with E-state index >= 15 is 0 Å². The molecule has 0 saturated heterocycles. The maximum absolute atomic E-state index is 12.3. The van der Waals surface area contributed by atoms with Crippen molar-refractivity contribution in [3.05, 3.63) is 69.3 Å². The number of hydrogen-bond donors (Lipinski definition) is 0. The highest BCUT2D eigenvalue weighted by molar-refractivity contribution is 5.98. The number of non-ortho nitro benzene ring substituents is 1. The van der Waals surface area contributed by atoms with Crippen LogP contribution in [0.3, 0.4) is 0 Å². The summed E-state index contributed by atoms with van der Waals surface area (Å²) in [6.07, 6.45) is 2.94. The molecule has 1 aromatic rings. The minimum absolute atomic E-state index is 0.180. The first kappa shape index (κ1) is 16.0. The van der Waals surface area contributed by atoms with Crippen LogP contribution in [-0.2, 0) is 0 Å². The van der Waals surface area contributed by atoms with Crippen molar-refractivity contribution in [2.45, 2.75) is 0 Å². The molecule has 0 heterocycles. The standard InChI is InChI=1S/C13H13N3O5/c1-3-7-14(8-4-2)13(17)11-6-5-10(15(18)19)9-12(11)16(20)21/h3-6,9H,1-2,7-8H2. The molecule has 110 valence electrons. The molecule has 0 saturated carbocycles. The van der Waals surface area contributed by atoms with Gasteiger partial charge < -0.3 is 4.90 Å². The monoisotopic (exact) mass is 291 g/mol. The van der Waals surface area contributed by atoms with E-state index in [0.29, 0.717) is 0 Å². The van der Waals surface area contributed by atoms with Gasteiger partial charge in [0.05, 0.1) is 15.9 Å². The topological polar surface area (TPSA) is 107 Å². The number of nitrogens with zero attached hydrogens (tertiary/aromatic N) is 3. The second kappa shape index (κ2) is 6.94. The Balaban J connectivity index is 3.30. The number of benzene rings is 1. The number of rotatable bonds is 7. The molecule has 0 aliphatic carbocycles. The highest BCUT2D eigenvalue weighted by atomic mass is 16.6. The van der Waals surface area contributed by atoms with Crippen LogP contribution < -0.4 is 0 Å². The predicted octanol–water partition coefficient (Wildman–Crippen LogP) is 2.32. The van der Waals surface area contributed by atoms with E-state index in [9.17, 15) is 25.0 Å². The fourth-order valence-corrected chi connectivity index (χ4v) is 1.69. The molecule has 0 aromatic heterocycles. The van der Waals surface area contributed by atoms with Gasteiger partial charge in [-0.25, -0.2) is 0 Å². The van der Waals surface area contributed by atoms with E-state index in [0.717, 1.165) is 18.2 Å². The molecule has 0 N–H and O–H groups in total. The van der Waals surface area contributed by atoms with Crippen LogP contribution >= 0.6 is 0 Å². The van der Waals surface area contributed by atoms with Crippen LogP contribution in [0.15, 0.2) is 43.5 Å². The maximum atomic E-state index is 12.3. The Kier molecular flexibility index (Phi) is 5.30. The zero-order valence-electron chi connectivity index (χ0n) is 11.1. The van der Waals surface area contributed by atoms with Gasteiger partial charge in [-0.3, -0.25) is 25.0 Å². The van der Waals surface area contributed by atoms with Crippen LogP contribution in [0.4, 0.5) is 11.4 Å². The van der Waals surface area contributed by atoms with Gasteiger partial charge in [0, 0.05) is 19.2 Å². The lowest BCUT2D eigenvalue weighted by Gasteiger charge is -2.19. The lowest BCUT2D eigenvalue weighted by atomic mass is 10.1. The first-order chi connectivity index (χ1) is 9.92. The third-order valence-corrected chi connectivity index (χ3v) is 2.61. The van der Waals surface area contributed by atoms with Gasteiger partial charge in [0.15, 0.2) is 0 Å². The van der Waals surface area contributed by atoms with Crippen LogP contribution in [0.1, 0.15) is 10.4 Å². The Morgan fingerprint density at radius 1 is 1.14 bits per heavy atom. The molecule has 8 heteroatoms. The number of nitro groups is 2. The van der Waals surface area contributed by atoms with Crippen molar-refractivity contribution in [1.82, 2.24) is 4.90 Å². The third-order valence-electron chi connectivity index (χ3n) is 2.61. The van der Waals surface area contributed by atoms with E-state index in [1.807, 2.05) is 0 Å². The fourth-order valence-electron chi connectivity index (χ4n) is 1.69. The van der Waals surface area contributed by atoms with Crippen LogP contribution in [0.5, 0.6) is 0 Å². The smallest absolute Gasteiger partial charge is 0.289 e. The molecular weight excluding hydrogens is 278 g/mol. The normalized spacial score (nSPS) is 9.71. The molecule has 0 spiro atoms. The lowest BCUT2D eigenvalue weighted by Crippen LogP contribution is -2.31. The van der Waals surface area contributed by atoms with Crippen LogP contribution in [0.25, 0.3) is 0 Å². The molecule has 0 atom stereocenters. The molecule has 0 bridgehead atoms. The number of carbonyl (C=O) groups is 1. The molecule has 21 heavy (non-hydrogen) atoms. The fraction of sp³-hybridized carbons (Fsp3) is 0.154. The quantitative estimate of drug-likeness (QED) is 0.435. The SMILES string of the molecule is C=CCN(CC=C)C(=O)c1ccc([N+](=O)[O-])cc1[N+](=O)[O-]. The lowest BCUT2D eigenvalue weighted by molar-refractivity contribution is -0.394. The largest absolute Gasteiger partial charge is 0.331 e. The van der Waals surface area contributed by atoms with E-state index in [2.05, 4.69) is 13.2 Å². The van der Waals surface area contributed by atoms with Crippen molar-refractivity contribution in [2.24, 2.45) is 0 Å². The molecular formula is C13H13N3O5. The number of nitro benzene ring substituents is 2. The summed E-state index contributed by atoms with van der Waals surface area (Å²) in [5.74, 6) is -0.614. The first-order valence-corrected chi connectivity index (χ1v) is 5.86. The molecule has 1 amide bonds. The molecule has 0 unspecified atom stereocenters. The first-order valence-electron chi connectivity index (χ1n) is 5.86. The van der Waals surface area contributed by atoms with E-state index in [1.165, 1.54) is 17.1 Å². The molecule has 0 radical (unpaired) electrons. The van der Waals surface area contributed by atoms with Crippen LogP contribution in [0.2, 0.25) is 0 Å². The molecule has 0 aliphatic rings. The van der Waals surface area contributed by atoms with Gasteiger partial charge >= 0.3 is 0 Å². The number of carbonyl (C=O) groups excluding carboxylic acids is 1. The number of amides is 1. The third kappa shape index (κ3) is 3.72. The predicted molar refractivity (Wildman–Crippen MR) is 76.0 cm³/mol. The summed E-state index contributed by atoms with van der Waals surface area (Å²) in [6.45, 7) is 7.36. The summed E-state index contributed by atoms with van der Waals surface area (Å²) in [7, 11) is 0. The Hall–Kier alpha value is -3.03. The van der Waals surface area contributed by atoms with E-state index < -0.39 is 27.1 Å². The molecule has 0 aliphatic heterocycles. The van der Waals surface area contributed by atoms with E-state index in [-0.39, 0.29) is 18.7 Å². The zero-order chi connectivity index (χ0) is 16.0. The van der Waals surface area contributed by atoms with Crippen molar-refractivity contribution < 1.29 is 14.6 Å². The average Bonchev–Trinajstić information content (AvgIpc) is 2.45. The van der Waals surface area contributed by atoms with E-state index in [4.69, 9.17) is 0 Å². The van der Waals surface area contributed by atoms with Crippen molar-refractivity contribution in [3.63, 3.8) is 0 Å². The highest BCUT2D eigenvalue weighted by Gasteiger charge is 2.26. The number of hydrogen-bond acceptors (Lipinski definition) is 5.